The van der Waals surface area contributed by atoms with Crippen LogP contribution in [-0.2, 0) is 0 Å². The molecule has 1 aliphatic rings. The van der Waals surface area contributed by atoms with E-state index >= 15 is 0 Å². The predicted molar refractivity (Wildman–Crippen MR) is 126 cm³/mol. The number of nitrogens with one attached hydrogen (secondary N) is 2. The summed E-state index contributed by atoms with van der Waals surface area (Å²) in [6.45, 7) is 0. The average Bonchev–Trinajstić information content (AvgIpc) is 2.83. The number of aromatic nitrogens is 1. The molecule has 0 saturated carbocycles. The van der Waals surface area contributed by atoms with Crippen molar-refractivity contribution in [3.05, 3.63) is 112 Å². The normalized spacial score (nSPS) is 14.7. The number of fused-ring (bicyclic) bond motifs is 6. The molecule has 150 valence electrons. The third kappa shape index (κ3) is 2.65. The van der Waals surface area contributed by atoms with Crippen molar-refractivity contribution in [1.29, 1.82) is 0 Å². The third-order valence-corrected chi connectivity index (χ3v) is 6.22. The fourth-order valence-corrected chi connectivity index (χ4v) is 4.79. The summed E-state index contributed by atoms with van der Waals surface area (Å²) in [5, 5.41) is 6.90. The smallest absolute Gasteiger partial charge is 0.254 e. The van der Waals surface area contributed by atoms with Gasteiger partial charge in [-0.05, 0) is 46.2 Å². The first-order chi connectivity index (χ1) is 15.2. The number of aromatic amines is 1. The molecule has 31 heavy (non-hydrogen) atoms. The molecular weight excluding hydrogens is 384 g/mol. The summed E-state index contributed by atoms with van der Waals surface area (Å²) in [6, 6.07) is 28.5. The zero-order valence-corrected chi connectivity index (χ0v) is 17.0. The van der Waals surface area contributed by atoms with E-state index in [-0.39, 0.29) is 11.5 Å². The van der Waals surface area contributed by atoms with Crippen LogP contribution < -0.4 is 15.6 Å². The number of ether oxygens (including phenoxy) is 1. The monoisotopic (exact) mass is 404 g/mol. The van der Waals surface area contributed by atoms with Crippen molar-refractivity contribution in [2.45, 2.75) is 5.92 Å². The molecule has 0 bridgehead atoms. The zero-order valence-electron chi connectivity index (χ0n) is 17.0. The van der Waals surface area contributed by atoms with E-state index in [1.165, 1.54) is 0 Å². The average molecular weight is 404 g/mol. The maximum Gasteiger partial charge on any atom is 0.254 e. The maximum absolute atomic E-state index is 13.4. The first kappa shape index (κ1) is 17.8. The molecular formula is C27H20N2O2. The Labute approximate surface area is 179 Å². The van der Waals surface area contributed by atoms with Crippen molar-refractivity contribution >= 4 is 33.1 Å². The van der Waals surface area contributed by atoms with Gasteiger partial charge in [0.25, 0.3) is 5.56 Å². The fourth-order valence-electron chi connectivity index (χ4n) is 4.79. The number of anilines is 2. The van der Waals surface area contributed by atoms with Gasteiger partial charge in [-0.15, -0.1) is 0 Å². The summed E-state index contributed by atoms with van der Waals surface area (Å²) < 4.78 is 5.37. The second kappa shape index (κ2) is 6.74. The molecule has 1 aromatic heterocycles. The molecule has 2 N–H and O–H groups in total. The summed E-state index contributed by atoms with van der Waals surface area (Å²) in [5.74, 6) is 0.597. The van der Waals surface area contributed by atoms with Crippen LogP contribution in [0.25, 0.3) is 21.7 Å². The summed E-state index contributed by atoms with van der Waals surface area (Å²) >= 11 is 0. The van der Waals surface area contributed by atoms with Crippen molar-refractivity contribution in [1.82, 2.24) is 4.98 Å². The van der Waals surface area contributed by atoms with Gasteiger partial charge >= 0.3 is 0 Å². The largest absolute Gasteiger partial charge is 0.497 e. The lowest BCUT2D eigenvalue weighted by molar-refractivity contribution is 0.414. The number of H-pyrrole nitrogens is 1. The minimum Gasteiger partial charge on any atom is -0.497 e. The Kier molecular flexibility index (Phi) is 3.87. The van der Waals surface area contributed by atoms with E-state index in [2.05, 4.69) is 46.7 Å². The second-order valence-electron chi connectivity index (χ2n) is 7.87. The van der Waals surface area contributed by atoms with Crippen LogP contribution >= 0.6 is 0 Å². The lowest BCUT2D eigenvalue weighted by atomic mass is 9.79. The maximum atomic E-state index is 13.4. The highest BCUT2D eigenvalue weighted by Gasteiger charge is 2.32. The van der Waals surface area contributed by atoms with E-state index in [1.807, 2.05) is 48.5 Å². The lowest BCUT2D eigenvalue weighted by Crippen LogP contribution is -2.24. The van der Waals surface area contributed by atoms with E-state index in [0.29, 0.717) is 0 Å². The van der Waals surface area contributed by atoms with Crippen molar-refractivity contribution in [3.63, 3.8) is 0 Å². The van der Waals surface area contributed by atoms with Gasteiger partial charge in [0, 0.05) is 17.0 Å². The van der Waals surface area contributed by atoms with Crippen molar-refractivity contribution in [3.8, 4) is 5.75 Å². The molecule has 4 nitrogen and oxygen atoms in total. The molecule has 0 fully saturated rings. The van der Waals surface area contributed by atoms with Crippen molar-refractivity contribution in [2.24, 2.45) is 0 Å². The van der Waals surface area contributed by atoms with Crippen LogP contribution in [0.3, 0.4) is 0 Å². The highest BCUT2D eigenvalue weighted by molar-refractivity contribution is 6.01. The SMILES string of the molecule is COc1ccc(C2c3c(c4ccccc4[nH]c3=O)Nc3ccc4ccccc4c32)cc1. The van der Waals surface area contributed by atoms with E-state index in [4.69, 9.17) is 4.74 Å². The predicted octanol–water partition coefficient (Wildman–Crippen LogP) is 5.93. The Morgan fingerprint density at radius 1 is 0.774 bits per heavy atom. The molecule has 0 spiro atoms. The molecule has 1 atom stereocenters. The lowest BCUT2D eigenvalue weighted by Gasteiger charge is -2.31. The van der Waals surface area contributed by atoms with Gasteiger partial charge in [0.15, 0.2) is 0 Å². The molecule has 6 rings (SSSR count). The Bertz CT molecular complexity index is 1520. The van der Waals surface area contributed by atoms with Crippen LogP contribution in [0.1, 0.15) is 22.6 Å². The van der Waals surface area contributed by atoms with Gasteiger partial charge in [0.2, 0.25) is 0 Å². The van der Waals surface area contributed by atoms with Crippen molar-refractivity contribution in [2.75, 3.05) is 12.4 Å². The molecule has 0 radical (unpaired) electrons. The second-order valence-corrected chi connectivity index (χ2v) is 7.87. The highest BCUT2D eigenvalue weighted by Crippen LogP contribution is 2.48. The van der Waals surface area contributed by atoms with Gasteiger partial charge < -0.3 is 15.0 Å². The van der Waals surface area contributed by atoms with Crippen LogP contribution in [0.2, 0.25) is 0 Å². The number of hydrogen-bond acceptors (Lipinski definition) is 3. The number of rotatable bonds is 2. The number of benzene rings is 4. The van der Waals surface area contributed by atoms with Gasteiger partial charge in [0.05, 0.1) is 23.9 Å². The minimum absolute atomic E-state index is 0.0689. The Morgan fingerprint density at radius 2 is 1.52 bits per heavy atom. The van der Waals surface area contributed by atoms with Crippen LogP contribution in [0.4, 0.5) is 11.4 Å². The molecule has 1 unspecified atom stereocenters. The quantitative estimate of drug-likeness (QED) is 0.376. The van der Waals surface area contributed by atoms with Gasteiger partial charge in [-0.25, -0.2) is 0 Å². The minimum atomic E-state index is -0.198. The van der Waals surface area contributed by atoms with Crippen LogP contribution in [-0.4, -0.2) is 12.1 Å². The standard InChI is InChI=1S/C27H20N2O2/c1-31-18-13-10-17(11-14-18)23-24-19-7-3-2-6-16(19)12-15-22(24)28-26-20-8-4-5-9-21(20)29-27(30)25(23)26/h2-15,23,28H,1H3,(H,29,30). The van der Waals surface area contributed by atoms with E-state index in [1.54, 1.807) is 7.11 Å². The van der Waals surface area contributed by atoms with E-state index in [9.17, 15) is 4.79 Å². The highest BCUT2D eigenvalue weighted by atomic mass is 16.5. The summed E-state index contributed by atoms with van der Waals surface area (Å²) in [4.78, 5) is 16.5. The molecule has 2 heterocycles. The number of para-hydroxylation sites is 1. The molecule has 0 saturated heterocycles. The zero-order chi connectivity index (χ0) is 20.9. The molecule has 5 aromatic rings. The Morgan fingerprint density at radius 3 is 2.32 bits per heavy atom. The molecule has 0 aliphatic carbocycles. The molecule has 1 aliphatic heterocycles. The number of methoxy groups -OCH3 is 1. The molecule has 4 aromatic carbocycles. The first-order valence-electron chi connectivity index (χ1n) is 10.3. The van der Waals surface area contributed by atoms with E-state index in [0.717, 1.165) is 55.5 Å². The molecule has 4 heteroatoms. The number of hydrogen-bond donors (Lipinski definition) is 2. The summed E-state index contributed by atoms with van der Waals surface area (Å²) in [5.41, 5.74) is 5.59. The Balaban J connectivity index is 1.73. The van der Waals surface area contributed by atoms with Crippen LogP contribution in [0, 0.1) is 0 Å². The molecule has 0 amide bonds. The third-order valence-electron chi connectivity index (χ3n) is 6.22. The van der Waals surface area contributed by atoms with E-state index < -0.39 is 0 Å². The number of pyridine rings is 1. The van der Waals surface area contributed by atoms with Gasteiger partial charge in [-0.1, -0.05) is 60.7 Å². The van der Waals surface area contributed by atoms with Gasteiger partial charge in [0.1, 0.15) is 5.75 Å². The van der Waals surface area contributed by atoms with Gasteiger partial charge in [-0.3, -0.25) is 4.79 Å². The van der Waals surface area contributed by atoms with Gasteiger partial charge in [-0.2, -0.15) is 0 Å². The fraction of sp³-hybridized carbons (Fsp3) is 0.0741. The topological polar surface area (TPSA) is 54.1 Å². The van der Waals surface area contributed by atoms with Crippen LogP contribution in [0.5, 0.6) is 5.75 Å². The van der Waals surface area contributed by atoms with Crippen molar-refractivity contribution < 1.29 is 4.74 Å². The summed E-state index contributed by atoms with van der Waals surface area (Å²) in [6.07, 6.45) is 0. The first-order valence-corrected chi connectivity index (χ1v) is 10.3. The summed E-state index contributed by atoms with van der Waals surface area (Å²) in [7, 11) is 1.66. The van der Waals surface area contributed by atoms with Crippen LogP contribution in [0.15, 0.2) is 89.7 Å². The Hall–Kier alpha value is -4.05.